The molecule has 1 amide bonds. The minimum absolute atomic E-state index is 0.0664. The topological polar surface area (TPSA) is 73.0 Å². The Morgan fingerprint density at radius 1 is 1.10 bits per heavy atom. The lowest BCUT2D eigenvalue weighted by Crippen LogP contribution is -2.40. The normalized spacial score (nSPS) is 17.1. The van der Waals surface area contributed by atoms with Crippen LogP contribution in [0.4, 0.5) is 4.39 Å². The quantitative estimate of drug-likeness (QED) is 0.681. The molecule has 0 unspecified atom stereocenters. The molecule has 1 aromatic carbocycles. The number of hydrogen-bond donors (Lipinski definition) is 0. The summed E-state index contributed by atoms with van der Waals surface area (Å²) in [5, 5.41) is 9.66. The maximum absolute atomic E-state index is 13.3. The van der Waals surface area contributed by atoms with Gasteiger partial charge in [-0.25, -0.2) is 13.8 Å². The second-order valence-corrected chi connectivity index (χ2v) is 7.86. The number of halogens is 1. The van der Waals surface area contributed by atoms with E-state index in [1.165, 1.54) is 21.5 Å². The van der Waals surface area contributed by atoms with E-state index < -0.39 is 0 Å². The van der Waals surface area contributed by atoms with E-state index in [9.17, 15) is 14.0 Å². The van der Waals surface area contributed by atoms with E-state index in [-0.39, 0.29) is 23.8 Å². The number of rotatable bonds is 4. The van der Waals surface area contributed by atoms with Gasteiger partial charge >= 0.3 is 0 Å². The van der Waals surface area contributed by atoms with Crippen LogP contribution in [0.15, 0.2) is 35.3 Å². The van der Waals surface area contributed by atoms with E-state index in [1.807, 2.05) is 4.90 Å². The standard InChI is InChI=1S/C21H22FN5O2/c22-15-6-8-16(9-7-15)27-20-17(12-23-27)19(14-4-5-14)24-26(21(20)29)13-18(28)25-10-2-1-3-11-25/h6-9,12,14H,1-5,10-11,13H2. The summed E-state index contributed by atoms with van der Waals surface area (Å²) in [6.07, 6.45) is 6.81. The van der Waals surface area contributed by atoms with Crippen molar-refractivity contribution < 1.29 is 9.18 Å². The van der Waals surface area contributed by atoms with Gasteiger partial charge in [0.05, 0.1) is 17.6 Å². The Balaban J connectivity index is 1.60. The van der Waals surface area contributed by atoms with Gasteiger partial charge in [-0.15, -0.1) is 0 Å². The Bertz CT molecular complexity index is 1120. The highest BCUT2D eigenvalue weighted by Gasteiger charge is 2.31. The zero-order valence-corrected chi connectivity index (χ0v) is 16.1. The van der Waals surface area contributed by atoms with Crippen molar-refractivity contribution in [1.82, 2.24) is 24.5 Å². The number of fused-ring (bicyclic) bond motifs is 1. The van der Waals surface area contributed by atoms with E-state index >= 15 is 0 Å². The Morgan fingerprint density at radius 2 is 1.83 bits per heavy atom. The zero-order valence-electron chi connectivity index (χ0n) is 16.1. The van der Waals surface area contributed by atoms with Crippen LogP contribution >= 0.6 is 0 Å². The molecule has 0 atom stereocenters. The van der Waals surface area contributed by atoms with Crippen molar-refractivity contribution >= 4 is 16.8 Å². The van der Waals surface area contributed by atoms with Gasteiger partial charge in [-0.2, -0.15) is 10.2 Å². The fourth-order valence-electron chi connectivity index (χ4n) is 4.01. The summed E-state index contributed by atoms with van der Waals surface area (Å²) in [7, 11) is 0. The van der Waals surface area contributed by atoms with Crippen molar-refractivity contribution in [3.8, 4) is 5.69 Å². The minimum Gasteiger partial charge on any atom is -0.341 e. The third-order valence-electron chi connectivity index (χ3n) is 5.74. The minimum atomic E-state index is -0.352. The van der Waals surface area contributed by atoms with Crippen LogP contribution in [0.5, 0.6) is 0 Å². The molecule has 1 saturated carbocycles. The number of amides is 1. The molecule has 3 aromatic rings. The van der Waals surface area contributed by atoms with E-state index in [4.69, 9.17) is 0 Å². The number of carbonyl (C=O) groups is 1. The van der Waals surface area contributed by atoms with Crippen molar-refractivity contribution in [2.24, 2.45) is 0 Å². The van der Waals surface area contributed by atoms with E-state index in [0.29, 0.717) is 22.5 Å². The average molecular weight is 395 g/mol. The fourth-order valence-corrected chi connectivity index (χ4v) is 4.01. The second-order valence-electron chi connectivity index (χ2n) is 7.86. The number of piperidine rings is 1. The maximum atomic E-state index is 13.3. The molecule has 1 aliphatic carbocycles. The smallest absolute Gasteiger partial charge is 0.293 e. The molecule has 2 aromatic heterocycles. The van der Waals surface area contributed by atoms with Gasteiger partial charge in [-0.05, 0) is 56.4 Å². The van der Waals surface area contributed by atoms with Crippen molar-refractivity contribution in [3.05, 3.63) is 52.3 Å². The van der Waals surface area contributed by atoms with E-state index in [0.717, 1.165) is 50.9 Å². The van der Waals surface area contributed by atoms with Gasteiger partial charge in [0.15, 0.2) is 0 Å². The highest BCUT2D eigenvalue weighted by atomic mass is 19.1. The first-order chi connectivity index (χ1) is 14.1. The van der Waals surface area contributed by atoms with Crippen LogP contribution in [0.2, 0.25) is 0 Å². The lowest BCUT2D eigenvalue weighted by Gasteiger charge is -2.26. The molecule has 150 valence electrons. The molecule has 8 heteroatoms. The summed E-state index contributed by atoms with van der Waals surface area (Å²) in [6.45, 7) is 1.40. The molecule has 0 N–H and O–H groups in total. The first-order valence-corrected chi connectivity index (χ1v) is 10.1. The van der Waals surface area contributed by atoms with E-state index in [2.05, 4.69) is 10.2 Å². The molecule has 0 bridgehead atoms. The summed E-state index contributed by atoms with van der Waals surface area (Å²) in [4.78, 5) is 27.8. The Hall–Kier alpha value is -3.03. The highest BCUT2D eigenvalue weighted by Crippen LogP contribution is 2.41. The van der Waals surface area contributed by atoms with Crippen molar-refractivity contribution in [3.63, 3.8) is 0 Å². The molecule has 7 nitrogen and oxygen atoms in total. The molecule has 5 rings (SSSR count). The number of aromatic nitrogens is 4. The number of benzene rings is 1. The van der Waals surface area contributed by atoms with Gasteiger partial charge in [-0.1, -0.05) is 0 Å². The Kier molecular flexibility index (Phi) is 4.41. The van der Waals surface area contributed by atoms with Crippen LogP contribution in [0.1, 0.15) is 43.7 Å². The van der Waals surface area contributed by atoms with Crippen molar-refractivity contribution in [2.45, 2.75) is 44.6 Å². The zero-order chi connectivity index (χ0) is 20.0. The largest absolute Gasteiger partial charge is 0.341 e. The summed E-state index contributed by atoms with van der Waals surface area (Å²) >= 11 is 0. The molecule has 2 fully saturated rings. The molecule has 29 heavy (non-hydrogen) atoms. The third-order valence-corrected chi connectivity index (χ3v) is 5.74. The fraction of sp³-hybridized carbons (Fsp3) is 0.429. The molecule has 3 heterocycles. The third kappa shape index (κ3) is 3.32. The van der Waals surface area contributed by atoms with E-state index in [1.54, 1.807) is 18.3 Å². The van der Waals surface area contributed by atoms with Crippen LogP contribution in [0.25, 0.3) is 16.6 Å². The summed E-state index contributed by atoms with van der Waals surface area (Å²) < 4.78 is 16.1. The van der Waals surface area contributed by atoms with Crippen molar-refractivity contribution in [2.75, 3.05) is 13.1 Å². The van der Waals surface area contributed by atoms with Gasteiger partial charge in [0, 0.05) is 24.4 Å². The Labute approximate surface area is 166 Å². The predicted octanol–water partition coefficient (Wildman–Crippen LogP) is 2.61. The van der Waals surface area contributed by atoms with Crippen molar-refractivity contribution in [1.29, 1.82) is 0 Å². The molecule has 0 spiro atoms. The summed E-state index contributed by atoms with van der Waals surface area (Å²) in [5.74, 6) is -0.136. The lowest BCUT2D eigenvalue weighted by atomic mass is 10.1. The van der Waals surface area contributed by atoms with Gasteiger partial charge in [0.25, 0.3) is 5.56 Å². The van der Waals surface area contributed by atoms with Crippen LogP contribution in [-0.2, 0) is 11.3 Å². The second kappa shape index (κ2) is 7.09. The Morgan fingerprint density at radius 3 is 2.52 bits per heavy atom. The summed E-state index contributed by atoms with van der Waals surface area (Å²) in [6, 6.07) is 5.85. The molecule has 1 aliphatic heterocycles. The maximum Gasteiger partial charge on any atom is 0.293 e. The number of carbonyl (C=O) groups excluding carboxylic acids is 1. The molecule has 1 saturated heterocycles. The van der Waals surface area contributed by atoms with Crippen LogP contribution in [0.3, 0.4) is 0 Å². The van der Waals surface area contributed by atoms with Gasteiger partial charge < -0.3 is 4.90 Å². The monoisotopic (exact) mass is 395 g/mol. The van der Waals surface area contributed by atoms with Crippen LogP contribution in [0, 0.1) is 5.82 Å². The average Bonchev–Trinajstić information content (AvgIpc) is 3.49. The molecule has 0 radical (unpaired) electrons. The number of hydrogen-bond acceptors (Lipinski definition) is 4. The number of likely N-dealkylation sites (tertiary alicyclic amines) is 1. The number of nitrogens with zero attached hydrogens (tertiary/aromatic N) is 5. The first kappa shape index (κ1) is 18.0. The van der Waals surface area contributed by atoms with Gasteiger partial charge in [-0.3, -0.25) is 9.59 Å². The lowest BCUT2D eigenvalue weighted by molar-refractivity contribution is -0.133. The molecule has 2 aliphatic rings. The first-order valence-electron chi connectivity index (χ1n) is 10.1. The predicted molar refractivity (Wildman–Crippen MR) is 105 cm³/mol. The SMILES string of the molecule is O=C(Cn1nc(C2CC2)c2cnn(-c3ccc(F)cc3)c2c1=O)N1CCCCC1. The van der Waals surface area contributed by atoms with Crippen LogP contribution in [-0.4, -0.2) is 43.5 Å². The van der Waals surface area contributed by atoms with Gasteiger partial charge in [0.2, 0.25) is 5.91 Å². The molecular weight excluding hydrogens is 373 g/mol. The van der Waals surface area contributed by atoms with Crippen LogP contribution < -0.4 is 5.56 Å². The highest BCUT2D eigenvalue weighted by molar-refractivity contribution is 5.83. The molecular formula is C21H22FN5O2. The summed E-state index contributed by atoms with van der Waals surface area (Å²) in [5.41, 5.74) is 1.45. The van der Waals surface area contributed by atoms with Gasteiger partial charge in [0.1, 0.15) is 17.9 Å².